The number of nitrogens with one attached hydrogen (secondary N) is 1. The van der Waals surface area contributed by atoms with Crippen molar-refractivity contribution < 1.29 is 14.0 Å². The highest BCUT2D eigenvalue weighted by Gasteiger charge is 2.22. The van der Waals surface area contributed by atoms with Crippen molar-refractivity contribution in [1.29, 1.82) is 0 Å². The van der Waals surface area contributed by atoms with Crippen LogP contribution in [0.25, 0.3) is 11.0 Å². The zero-order valence-corrected chi connectivity index (χ0v) is 15.5. The Morgan fingerprint density at radius 2 is 2.04 bits per heavy atom. The lowest BCUT2D eigenvalue weighted by Gasteiger charge is -2.15. The fraction of sp³-hybridized carbons (Fsp3) is 0.273. The largest absolute Gasteiger partial charge is 0.464 e. The minimum absolute atomic E-state index is 0.0450. The quantitative estimate of drug-likeness (QED) is 0.760. The second-order valence-corrected chi connectivity index (χ2v) is 6.93. The molecule has 0 atom stereocenters. The van der Waals surface area contributed by atoms with Gasteiger partial charge >= 0.3 is 0 Å². The average Bonchev–Trinajstić information content (AvgIpc) is 3.25. The van der Waals surface area contributed by atoms with Crippen LogP contribution in [0.15, 0.2) is 47.1 Å². The van der Waals surface area contributed by atoms with Crippen LogP contribution in [-0.4, -0.2) is 18.4 Å². The molecule has 1 aliphatic heterocycles. The first-order valence-corrected chi connectivity index (χ1v) is 9.25. The van der Waals surface area contributed by atoms with Gasteiger partial charge in [0.2, 0.25) is 11.8 Å². The molecule has 3 aromatic rings. The van der Waals surface area contributed by atoms with Gasteiger partial charge in [-0.1, -0.05) is 19.1 Å². The number of carbonyl (C=O) groups is 2. The molecule has 2 heterocycles. The Labute approximate surface area is 158 Å². The van der Waals surface area contributed by atoms with Crippen molar-refractivity contribution in [2.45, 2.75) is 33.1 Å². The van der Waals surface area contributed by atoms with Gasteiger partial charge in [-0.3, -0.25) is 9.59 Å². The summed E-state index contributed by atoms with van der Waals surface area (Å²) in [5.74, 6) is -0.0396. The highest BCUT2D eigenvalue weighted by Crippen LogP contribution is 2.30. The van der Waals surface area contributed by atoms with Crippen molar-refractivity contribution in [1.82, 2.24) is 0 Å². The van der Waals surface area contributed by atoms with E-state index >= 15 is 0 Å². The van der Waals surface area contributed by atoms with Crippen molar-refractivity contribution in [2.24, 2.45) is 0 Å². The molecule has 2 aromatic carbocycles. The predicted octanol–water partition coefficient (Wildman–Crippen LogP) is 4.09. The molecule has 0 spiro atoms. The monoisotopic (exact) mass is 362 g/mol. The van der Waals surface area contributed by atoms with Gasteiger partial charge in [0.15, 0.2) is 0 Å². The molecule has 5 nitrogen and oxygen atoms in total. The van der Waals surface area contributed by atoms with E-state index in [0.29, 0.717) is 6.54 Å². The lowest BCUT2D eigenvalue weighted by atomic mass is 10.1. The number of anilines is 2. The summed E-state index contributed by atoms with van der Waals surface area (Å²) >= 11 is 0. The number of amides is 2. The first-order chi connectivity index (χ1) is 13.0. The van der Waals surface area contributed by atoms with Gasteiger partial charge in [-0.15, -0.1) is 0 Å². The summed E-state index contributed by atoms with van der Waals surface area (Å²) in [6.07, 6.45) is 3.68. The second kappa shape index (κ2) is 6.91. The van der Waals surface area contributed by atoms with E-state index in [1.54, 1.807) is 18.1 Å². The Morgan fingerprint density at radius 1 is 1.19 bits per heavy atom. The maximum atomic E-state index is 12.5. The van der Waals surface area contributed by atoms with Gasteiger partial charge in [0, 0.05) is 35.8 Å². The van der Waals surface area contributed by atoms with Crippen molar-refractivity contribution >= 4 is 34.2 Å². The van der Waals surface area contributed by atoms with Crippen molar-refractivity contribution in [3.05, 3.63) is 59.4 Å². The maximum Gasteiger partial charge on any atom is 0.228 e. The summed E-state index contributed by atoms with van der Waals surface area (Å²) in [6, 6.07) is 11.8. The molecule has 1 aliphatic rings. The fourth-order valence-corrected chi connectivity index (χ4v) is 3.67. The predicted molar refractivity (Wildman–Crippen MR) is 106 cm³/mol. The summed E-state index contributed by atoms with van der Waals surface area (Å²) in [5, 5.41) is 3.94. The molecule has 0 radical (unpaired) electrons. The van der Waals surface area contributed by atoms with Gasteiger partial charge in [-0.25, -0.2) is 0 Å². The summed E-state index contributed by atoms with van der Waals surface area (Å²) in [6.45, 7) is 4.37. The number of rotatable bonds is 4. The molecule has 27 heavy (non-hydrogen) atoms. The van der Waals surface area contributed by atoms with Gasteiger partial charge in [-0.2, -0.15) is 0 Å². The molecule has 0 unspecified atom stereocenters. The van der Waals surface area contributed by atoms with Crippen molar-refractivity contribution in [2.75, 3.05) is 16.8 Å². The number of carbonyl (C=O) groups excluding carboxylic acids is 2. The molecular weight excluding hydrogens is 340 g/mol. The lowest BCUT2D eigenvalue weighted by molar-refractivity contribution is -0.117. The van der Waals surface area contributed by atoms with E-state index in [4.69, 9.17) is 4.42 Å². The number of hydrogen-bond donors (Lipinski definition) is 1. The van der Waals surface area contributed by atoms with Crippen LogP contribution in [0.3, 0.4) is 0 Å². The molecular formula is C22H22N2O3. The standard InChI is InChI=1S/C22H22N2O3/c1-3-15-4-6-19-17(13-27-21(19)10-15)12-22(26)23-18-5-7-20-16(11-18)8-9-24(20)14(2)25/h4-7,10-11,13H,3,8-9,12H2,1-2H3,(H,23,26). The fourth-order valence-electron chi connectivity index (χ4n) is 3.67. The highest BCUT2D eigenvalue weighted by atomic mass is 16.3. The first kappa shape index (κ1) is 17.3. The highest BCUT2D eigenvalue weighted by molar-refractivity contribution is 5.97. The Morgan fingerprint density at radius 3 is 2.81 bits per heavy atom. The smallest absolute Gasteiger partial charge is 0.228 e. The zero-order chi connectivity index (χ0) is 19.0. The van der Waals surface area contributed by atoms with Crippen molar-refractivity contribution in [3.63, 3.8) is 0 Å². The third kappa shape index (κ3) is 3.33. The van der Waals surface area contributed by atoms with Crippen LogP contribution in [0.2, 0.25) is 0 Å². The molecule has 1 aromatic heterocycles. The van der Waals surface area contributed by atoms with E-state index in [1.807, 2.05) is 30.3 Å². The van der Waals surface area contributed by atoms with Gasteiger partial charge in [0.25, 0.3) is 0 Å². The summed E-state index contributed by atoms with van der Waals surface area (Å²) in [5.41, 5.74) is 5.70. The van der Waals surface area contributed by atoms with E-state index in [2.05, 4.69) is 18.3 Å². The number of hydrogen-bond acceptors (Lipinski definition) is 3. The molecule has 0 saturated heterocycles. The van der Waals surface area contributed by atoms with Crippen LogP contribution >= 0.6 is 0 Å². The third-order valence-electron chi connectivity index (χ3n) is 5.12. The molecule has 1 N–H and O–H groups in total. The first-order valence-electron chi connectivity index (χ1n) is 9.25. The number of aryl methyl sites for hydroxylation is 1. The molecule has 0 saturated carbocycles. The topological polar surface area (TPSA) is 62.6 Å². The van der Waals surface area contributed by atoms with Gasteiger partial charge in [0.05, 0.1) is 12.7 Å². The molecule has 138 valence electrons. The third-order valence-corrected chi connectivity index (χ3v) is 5.12. The van der Waals surface area contributed by atoms with Crippen molar-refractivity contribution in [3.8, 4) is 0 Å². The van der Waals surface area contributed by atoms with Crippen LogP contribution in [0.4, 0.5) is 11.4 Å². The Hall–Kier alpha value is -3.08. The van der Waals surface area contributed by atoms with Gasteiger partial charge in [0.1, 0.15) is 5.58 Å². The molecule has 0 fully saturated rings. The van der Waals surface area contributed by atoms with Crippen LogP contribution in [-0.2, 0) is 28.9 Å². The number of fused-ring (bicyclic) bond motifs is 2. The van der Waals surface area contributed by atoms with E-state index < -0.39 is 0 Å². The van der Waals surface area contributed by atoms with Crippen LogP contribution in [0.1, 0.15) is 30.5 Å². The van der Waals surface area contributed by atoms with E-state index in [1.165, 1.54) is 5.56 Å². The maximum absolute atomic E-state index is 12.5. The number of benzene rings is 2. The number of nitrogens with zero attached hydrogens (tertiary/aromatic N) is 1. The van der Waals surface area contributed by atoms with Crippen LogP contribution in [0.5, 0.6) is 0 Å². The molecule has 2 amide bonds. The molecule has 0 aliphatic carbocycles. The van der Waals surface area contributed by atoms with Crippen LogP contribution in [0, 0.1) is 0 Å². The van der Waals surface area contributed by atoms with Crippen LogP contribution < -0.4 is 10.2 Å². The SMILES string of the molecule is CCc1ccc2c(CC(=O)Nc3ccc4c(c3)CCN4C(C)=O)coc2c1. The molecule has 5 heteroatoms. The van der Waals surface area contributed by atoms with E-state index in [0.717, 1.165) is 46.3 Å². The van der Waals surface area contributed by atoms with Gasteiger partial charge in [-0.05, 0) is 48.2 Å². The summed E-state index contributed by atoms with van der Waals surface area (Å²) in [4.78, 5) is 25.9. The number of furan rings is 1. The Kier molecular flexibility index (Phi) is 4.44. The van der Waals surface area contributed by atoms with E-state index in [-0.39, 0.29) is 18.2 Å². The normalized spacial score (nSPS) is 13.0. The zero-order valence-electron chi connectivity index (χ0n) is 15.5. The second-order valence-electron chi connectivity index (χ2n) is 6.93. The molecule has 4 rings (SSSR count). The summed E-state index contributed by atoms with van der Waals surface area (Å²) < 4.78 is 5.62. The summed E-state index contributed by atoms with van der Waals surface area (Å²) in [7, 11) is 0. The Bertz CT molecular complexity index is 1040. The lowest BCUT2D eigenvalue weighted by Crippen LogP contribution is -2.25. The minimum atomic E-state index is -0.0846. The van der Waals surface area contributed by atoms with E-state index in [9.17, 15) is 9.59 Å². The Balaban J connectivity index is 1.48. The average molecular weight is 362 g/mol. The van der Waals surface area contributed by atoms with Gasteiger partial charge < -0.3 is 14.6 Å². The molecule has 0 bridgehead atoms. The minimum Gasteiger partial charge on any atom is -0.464 e.